The molecule has 0 saturated carbocycles. The maximum atomic E-state index is 15.8. The van der Waals surface area contributed by atoms with Crippen LogP contribution in [0.4, 0.5) is 20.2 Å². The highest BCUT2D eigenvalue weighted by Gasteiger charge is 2.49. The molecule has 40 nitrogen and oxygen atoms in total. The minimum atomic E-state index is -2.10. The summed E-state index contributed by atoms with van der Waals surface area (Å²) < 4.78 is 30.0. The normalized spacial score (nSPS) is 21.5. The van der Waals surface area contributed by atoms with Gasteiger partial charge in [0, 0.05) is 123 Å². The molecule has 1 fully saturated rings. The molecule has 1 saturated heterocycles. The van der Waals surface area contributed by atoms with E-state index in [9.17, 15) is 77.6 Å². The molecule has 9 rings (SSSR count). The summed E-state index contributed by atoms with van der Waals surface area (Å²) in [4.78, 5) is 248. The van der Waals surface area contributed by atoms with Gasteiger partial charge in [-0.05, 0) is 167 Å². The molecule has 4 aromatic carbocycles. The Kier molecular flexibility index (Phi) is 47.2. The highest BCUT2D eigenvalue weighted by molar-refractivity contribution is 7.98. The summed E-state index contributed by atoms with van der Waals surface area (Å²) in [6, 6.07) is 4.67. The van der Waals surface area contributed by atoms with Gasteiger partial charge in [0.05, 0.1) is 19.3 Å². The number of nitrogens with zero attached hydrogens (tertiary/aromatic N) is 2. The van der Waals surface area contributed by atoms with Gasteiger partial charge >= 0.3 is 17.9 Å². The van der Waals surface area contributed by atoms with Crippen LogP contribution in [0.15, 0.2) is 97.5 Å². The number of halogens is 2. The van der Waals surface area contributed by atoms with Crippen molar-refractivity contribution in [3.05, 3.63) is 143 Å². The van der Waals surface area contributed by atoms with Crippen LogP contribution in [-0.4, -0.2) is 253 Å². The molecule has 5 heterocycles. The average Bonchev–Trinajstić information content (AvgIpc) is 1.63. The number of imidazole rings is 1. The van der Waals surface area contributed by atoms with Crippen molar-refractivity contribution >= 4 is 136 Å². The van der Waals surface area contributed by atoms with Gasteiger partial charge in [-0.1, -0.05) is 120 Å². The van der Waals surface area contributed by atoms with Crippen molar-refractivity contribution in [3.63, 3.8) is 0 Å². The molecule has 144 heavy (non-hydrogen) atoms. The van der Waals surface area contributed by atoms with Crippen LogP contribution in [0.25, 0.3) is 0 Å². The lowest BCUT2D eigenvalue weighted by atomic mass is 9.92. The monoisotopic (exact) mass is 2040 g/mol. The first-order chi connectivity index (χ1) is 69.1. The first-order valence-electron chi connectivity index (χ1n) is 49.6. The van der Waals surface area contributed by atoms with E-state index in [-0.39, 0.29) is 132 Å². The second-order valence-electron chi connectivity index (χ2n) is 37.3. The van der Waals surface area contributed by atoms with Gasteiger partial charge in [-0.25, -0.2) is 23.4 Å². The van der Waals surface area contributed by atoms with Crippen LogP contribution in [0.5, 0.6) is 5.75 Å². The first-order valence-corrected chi connectivity index (χ1v) is 52.0. The summed E-state index contributed by atoms with van der Waals surface area (Å²) in [6.07, 6.45) is 13.2. The fraction of sp³-hybridized carbons (Fsp3) is 0.560. The first kappa shape index (κ1) is 115. The number of rotatable bonds is 45. The van der Waals surface area contributed by atoms with Crippen LogP contribution in [0.3, 0.4) is 0 Å². The number of hydrogen-bond donors (Lipinski definition) is 21. The molecular formula is C100H139F2N19O21S2. The number of carbonyl (C=O) groups is 17. The number of phenolic OH excluding ortho intramolecular Hbond substituents is 1. The van der Waals surface area contributed by atoms with Crippen LogP contribution in [0, 0.1) is 11.6 Å². The average molecular weight is 2050 g/mol. The maximum Gasteiger partial charge on any atom is 0.326 e. The van der Waals surface area contributed by atoms with Crippen LogP contribution in [0.1, 0.15) is 245 Å². The number of fused-ring (bicyclic) bond motifs is 5. The number of phenols is 1. The molecule has 0 aliphatic carbocycles. The van der Waals surface area contributed by atoms with E-state index in [4.69, 9.17) is 11.5 Å². The number of nitrogens with two attached hydrogens (primary N) is 2. The van der Waals surface area contributed by atoms with Gasteiger partial charge in [-0.2, -0.15) is 23.5 Å². The zero-order valence-electron chi connectivity index (χ0n) is 81.5. The Morgan fingerprint density at radius 1 is 0.556 bits per heavy atom. The lowest BCUT2D eigenvalue weighted by Gasteiger charge is -2.37. The van der Waals surface area contributed by atoms with Crippen molar-refractivity contribution < 1.29 is 111 Å². The number of aromatic hydroxyl groups is 1. The fourth-order valence-electron chi connectivity index (χ4n) is 17.9. The Bertz CT molecular complexity index is 5200. The number of carboxylic acids is 3. The molecule has 13 atom stereocenters. The van der Waals surface area contributed by atoms with Gasteiger partial charge in [0.25, 0.3) is 0 Å². The molecule has 786 valence electrons. The molecule has 23 N–H and O–H groups in total. The number of primary amides is 1. The summed E-state index contributed by atoms with van der Waals surface area (Å²) in [6.45, 7) is 2.98. The standard InChI is InChI=1S/C100H139F2N19O21S2/c1-3-4-5-6-7-8-9-10-11-12-13-14-15-23-84(124)113-77(98(140)141)35-37-85(125)114-76(97(138)139)34-36-83(123)106-42-38-73(89(104)130)115-95(136)82-58-144-57-62-21-18-20-61(45-62)56-143-44-39-86(126)111-74(22-16-17-41-103)90(131)109-55-87(127)112-75(31-26-63-52-107-71-32-27-65(101)48-69(63)71)91(132)116-78(47-64-53-108-72-33-28-66(102)49-70(64)72)92(133)118-80(51-88(128)129)94(135)117-79(50-67-54-105-59-110-67)93(134)119-81(46-60-24-29-68(122)30-25-60)96(137)121-43-19-40-100(121,2)99(142)120-82/h18,20-21,24-25,27-30,32-33,45,48-49,54,59,63-64,73-82,107-108,122H,3-17,19,22-23,26,31,34-44,46-47,50-53,55-58,103H2,1-2H3,(H2,104,130)(H,105,110)(H,106,123)(H,109,131)(H,111,126)(H,112,127)(H,113,124)(H,114,125)(H,115,136)(H,116,132)(H,117,135)(H,118,133)(H,119,134)(H,120,142)(H,128,129)(H,138,139)(H,140,141)/t63?,64?,73-,74-,75-,76-,77-,78-,79-,80-,81-,82-,100-/m0/s1. The van der Waals surface area contributed by atoms with Crippen molar-refractivity contribution in [2.24, 2.45) is 11.5 Å². The van der Waals surface area contributed by atoms with Crippen molar-refractivity contribution in [3.8, 4) is 5.75 Å². The summed E-state index contributed by atoms with van der Waals surface area (Å²) in [5.74, 6) is -19.3. The number of H-pyrrole nitrogens is 1. The summed E-state index contributed by atoms with van der Waals surface area (Å²) >= 11 is 2.56. The van der Waals surface area contributed by atoms with Crippen LogP contribution < -0.4 is 85.9 Å². The van der Waals surface area contributed by atoms with Crippen LogP contribution in [0.2, 0.25) is 0 Å². The summed E-state index contributed by atoms with van der Waals surface area (Å²) in [7, 11) is 0. The smallest absolute Gasteiger partial charge is 0.326 e. The Balaban J connectivity index is 0.942. The van der Waals surface area contributed by atoms with E-state index in [0.29, 0.717) is 53.1 Å². The maximum absolute atomic E-state index is 15.8. The van der Waals surface area contributed by atoms with E-state index < -0.39 is 229 Å². The number of benzene rings is 4. The zero-order valence-corrected chi connectivity index (χ0v) is 83.1. The van der Waals surface area contributed by atoms with Crippen molar-refractivity contribution in [2.45, 2.75) is 302 Å². The number of anilines is 2. The third-order valence-corrected chi connectivity index (χ3v) is 28.2. The largest absolute Gasteiger partial charge is 0.508 e. The molecule has 4 aliphatic rings. The number of unbranched alkanes of at least 4 members (excludes halogenated alkanes) is 13. The number of carbonyl (C=O) groups excluding carboxylic acids is 14. The number of aromatic nitrogens is 2. The van der Waals surface area contributed by atoms with Gasteiger partial charge in [-0.15, -0.1) is 0 Å². The summed E-state index contributed by atoms with van der Waals surface area (Å²) in [5, 5.41) is 78.4. The van der Waals surface area contributed by atoms with Crippen molar-refractivity contribution in [1.29, 1.82) is 0 Å². The third kappa shape index (κ3) is 37.9. The molecule has 2 bridgehead atoms. The second kappa shape index (κ2) is 59.3. The van der Waals surface area contributed by atoms with Crippen LogP contribution in [-0.2, 0) is 106 Å². The lowest BCUT2D eigenvalue weighted by Crippen LogP contribution is -2.64. The number of aromatic amines is 1. The number of thioether (sulfide) groups is 2. The third-order valence-electron chi connectivity index (χ3n) is 26.0. The van der Waals surface area contributed by atoms with Gasteiger partial charge in [0.15, 0.2) is 0 Å². The van der Waals surface area contributed by atoms with E-state index in [0.717, 1.165) is 43.2 Å². The molecule has 1 aromatic heterocycles. The van der Waals surface area contributed by atoms with Crippen molar-refractivity contribution in [2.75, 3.05) is 61.4 Å². The number of amides is 14. The number of hydrogen-bond acceptors (Lipinski definition) is 24. The van der Waals surface area contributed by atoms with E-state index in [1.807, 2.05) is 18.2 Å². The molecule has 0 spiro atoms. The van der Waals surface area contributed by atoms with Gasteiger partial charge in [0.1, 0.15) is 83.3 Å². The SMILES string of the molecule is CCCCCCCCCCCCCCCC(=O)N[C@@H](CCC(=O)N[C@@H](CCC(=O)NCC[C@H](NC(=O)[C@@H]1CSCc2cccc(c2)CSCCC(=O)N[C@@H](CCCCN)C(=O)NCC(=O)N[C@@H](CCC2CNc3ccc(F)cc32)C(=O)N[C@@H](CC2CNc3ccc(F)cc32)C(=O)N[C@@H](CC(=O)O)C(=O)N[C@@H](Cc2cnc[nH]2)C(=O)N[C@@H](Cc2ccc(O)cc2)C(=O)N2CCC[C@@]2(C)C(=O)N1)C(N)=O)C(=O)O)C(=O)O. The number of nitrogens with one attached hydrogen (secondary N) is 15. The highest BCUT2D eigenvalue weighted by atomic mass is 32.2. The van der Waals surface area contributed by atoms with Gasteiger partial charge < -0.3 is 116 Å². The Labute approximate surface area is 843 Å². The van der Waals surface area contributed by atoms with E-state index >= 15 is 33.2 Å². The highest BCUT2D eigenvalue weighted by Crippen LogP contribution is 2.38. The minimum Gasteiger partial charge on any atom is -0.508 e. The molecule has 0 radical (unpaired) electrons. The minimum absolute atomic E-state index is 0.0530. The Morgan fingerprint density at radius 2 is 1.12 bits per heavy atom. The van der Waals surface area contributed by atoms with Gasteiger partial charge in [-0.3, -0.25) is 71.9 Å². The number of aliphatic carboxylic acids is 3. The van der Waals surface area contributed by atoms with E-state index in [2.05, 4.69) is 91.3 Å². The second-order valence-corrected chi connectivity index (χ2v) is 39.4. The molecular weight excluding hydrogens is 1910 g/mol. The van der Waals surface area contributed by atoms with Crippen LogP contribution >= 0.6 is 23.5 Å². The predicted molar refractivity (Wildman–Crippen MR) is 534 cm³/mol. The van der Waals surface area contributed by atoms with Crippen molar-refractivity contribution in [1.82, 2.24) is 78.7 Å². The summed E-state index contributed by atoms with van der Waals surface area (Å²) in [5.41, 5.74) is 14.0. The quantitative estimate of drug-likeness (QED) is 0.0214. The molecule has 44 heteroatoms. The fourth-order valence-corrected chi connectivity index (χ4v) is 19.8. The van der Waals surface area contributed by atoms with E-state index in [1.165, 1.54) is 147 Å². The Morgan fingerprint density at radius 3 is 1.74 bits per heavy atom. The number of carboxylic acid groups (broad SMARTS) is 3. The zero-order chi connectivity index (χ0) is 104. The molecule has 2 unspecified atom stereocenters. The topological polar surface area (TPSA) is 623 Å². The Hall–Kier alpha value is -13.0. The molecule has 4 aliphatic heterocycles. The van der Waals surface area contributed by atoms with Gasteiger partial charge in [0.2, 0.25) is 82.7 Å². The lowest BCUT2D eigenvalue weighted by molar-refractivity contribution is -0.147. The predicted octanol–water partition coefficient (Wildman–Crippen LogP) is 5.49. The van der Waals surface area contributed by atoms with E-state index in [1.54, 1.807) is 12.1 Å². The molecule has 5 aromatic rings. The molecule has 14 amide bonds.